The molecule has 3 heteroatoms. The Balaban J connectivity index is 1.45. The highest BCUT2D eigenvalue weighted by atomic mass is 16.5. The maximum absolute atomic E-state index is 5.87. The third kappa shape index (κ3) is 2.42. The van der Waals surface area contributed by atoms with Crippen molar-refractivity contribution >= 4 is 10.9 Å². The van der Waals surface area contributed by atoms with Gasteiger partial charge in [-0.05, 0) is 23.8 Å². The number of fused-ring (bicyclic) bond motifs is 2. The second-order valence-electron chi connectivity index (χ2n) is 5.23. The van der Waals surface area contributed by atoms with Crippen molar-refractivity contribution in [1.82, 2.24) is 4.98 Å². The van der Waals surface area contributed by atoms with E-state index in [1.807, 2.05) is 48.5 Å². The average molecular weight is 277 g/mol. The third-order valence-electron chi connectivity index (χ3n) is 3.72. The molecule has 1 aromatic heterocycles. The van der Waals surface area contributed by atoms with Crippen molar-refractivity contribution in [2.45, 2.75) is 12.5 Å². The molecule has 0 spiro atoms. The molecule has 4 rings (SSSR count). The van der Waals surface area contributed by atoms with E-state index in [1.165, 1.54) is 5.56 Å². The fourth-order valence-electron chi connectivity index (χ4n) is 2.67. The lowest BCUT2D eigenvalue weighted by molar-refractivity contribution is 0.148. The summed E-state index contributed by atoms with van der Waals surface area (Å²) in [7, 11) is 0. The molecule has 1 unspecified atom stereocenters. The van der Waals surface area contributed by atoms with Gasteiger partial charge >= 0.3 is 0 Å². The Hall–Kier alpha value is -2.55. The molecule has 3 nitrogen and oxygen atoms in total. The van der Waals surface area contributed by atoms with Crippen molar-refractivity contribution in [3.05, 3.63) is 66.4 Å². The van der Waals surface area contributed by atoms with Crippen molar-refractivity contribution in [2.75, 3.05) is 6.61 Å². The summed E-state index contributed by atoms with van der Waals surface area (Å²) in [6.45, 7) is 0.536. The minimum atomic E-state index is 0.0777. The van der Waals surface area contributed by atoms with Crippen molar-refractivity contribution in [3.8, 4) is 11.5 Å². The standard InChI is InChI=1S/C18H15NO2/c1-3-7-17-13(5-1)9-15(11-19-17)20-12-16-10-14-6-2-4-8-18(14)21-16/h1-9,11,16H,10,12H2. The Kier molecular flexibility index (Phi) is 2.96. The Morgan fingerprint density at radius 1 is 1.10 bits per heavy atom. The van der Waals surface area contributed by atoms with Gasteiger partial charge in [0.25, 0.3) is 0 Å². The van der Waals surface area contributed by atoms with Gasteiger partial charge in [-0.25, -0.2) is 0 Å². The molecule has 0 saturated heterocycles. The van der Waals surface area contributed by atoms with Gasteiger partial charge in [-0.3, -0.25) is 4.98 Å². The fourth-order valence-corrected chi connectivity index (χ4v) is 2.67. The van der Waals surface area contributed by atoms with E-state index in [1.54, 1.807) is 6.20 Å². The molecule has 0 aliphatic carbocycles. The van der Waals surface area contributed by atoms with Crippen LogP contribution in [0, 0.1) is 0 Å². The van der Waals surface area contributed by atoms with E-state index in [-0.39, 0.29) is 6.10 Å². The molecule has 0 bridgehead atoms. The van der Waals surface area contributed by atoms with E-state index in [0.717, 1.165) is 28.8 Å². The summed E-state index contributed by atoms with van der Waals surface area (Å²) in [5.41, 5.74) is 2.23. The number of ether oxygens (including phenoxy) is 2. The first-order chi connectivity index (χ1) is 10.4. The zero-order valence-electron chi connectivity index (χ0n) is 11.5. The maximum atomic E-state index is 5.87. The summed E-state index contributed by atoms with van der Waals surface area (Å²) in [4.78, 5) is 4.40. The first-order valence-corrected chi connectivity index (χ1v) is 7.11. The van der Waals surface area contributed by atoms with Gasteiger partial charge in [-0.2, -0.15) is 0 Å². The Morgan fingerprint density at radius 2 is 1.95 bits per heavy atom. The molecule has 2 aromatic carbocycles. The molecule has 0 N–H and O–H groups in total. The van der Waals surface area contributed by atoms with E-state index >= 15 is 0 Å². The van der Waals surface area contributed by atoms with Crippen LogP contribution < -0.4 is 9.47 Å². The number of aromatic nitrogens is 1. The van der Waals surface area contributed by atoms with Crippen molar-refractivity contribution in [1.29, 1.82) is 0 Å². The number of benzene rings is 2. The molecule has 0 radical (unpaired) electrons. The van der Waals surface area contributed by atoms with Gasteiger partial charge in [0.05, 0.1) is 11.7 Å². The second-order valence-corrected chi connectivity index (χ2v) is 5.23. The van der Waals surface area contributed by atoms with E-state index < -0.39 is 0 Å². The van der Waals surface area contributed by atoms with E-state index in [4.69, 9.17) is 9.47 Å². The fraction of sp³-hybridized carbons (Fsp3) is 0.167. The zero-order valence-corrected chi connectivity index (χ0v) is 11.5. The predicted octanol–water partition coefficient (Wildman–Crippen LogP) is 3.62. The summed E-state index contributed by atoms with van der Waals surface area (Å²) in [5, 5.41) is 1.09. The van der Waals surface area contributed by atoms with Crippen molar-refractivity contribution < 1.29 is 9.47 Å². The van der Waals surface area contributed by atoms with Crippen LogP contribution in [0.25, 0.3) is 10.9 Å². The molecule has 104 valence electrons. The van der Waals surface area contributed by atoms with Gasteiger partial charge in [-0.15, -0.1) is 0 Å². The monoisotopic (exact) mass is 277 g/mol. The number of rotatable bonds is 3. The van der Waals surface area contributed by atoms with Crippen LogP contribution in [-0.4, -0.2) is 17.7 Å². The smallest absolute Gasteiger partial charge is 0.138 e. The Morgan fingerprint density at radius 3 is 2.90 bits per heavy atom. The molecule has 3 aromatic rings. The molecule has 1 atom stereocenters. The van der Waals surface area contributed by atoms with Crippen LogP contribution in [0.2, 0.25) is 0 Å². The van der Waals surface area contributed by atoms with Crippen LogP contribution >= 0.6 is 0 Å². The summed E-state index contributed by atoms with van der Waals surface area (Å²) in [5.74, 6) is 1.76. The maximum Gasteiger partial charge on any atom is 0.138 e. The van der Waals surface area contributed by atoms with Gasteiger partial charge in [0.2, 0.25) is 0 Å². The number of pyridine rings is 1. The average Bonchev–Trinajstić information content (AvgIpc) is 2.95. The molecule has 21 heavy (non-hydrogen) atoms. The summed E-state index contributed by atoms with van der Waals surface area (Å²) < 4.78 is 11.7. The van der Waals surface area contributed by atoms with Crippen LogP contribution in [0.15, 0.2) is 60.8 Å². The molecule has 1 aliphatic heterocycles. The SMILES string of the molecule is c1ccc2c(c1)CC(COc1cnc3ccccc3c1)O2. The van der Waals surface area contributed by atoms with Crippen molar-refractivity contribution in [3.63, 3.8) is 0 Å². The van der Waals surface area contributed by atoms with Crippen LogP contribution in [0.5, 0.6) is 11.5 Å². The largest absolute Gasteiger partial charge is 0.488 e. The summed E-state index contributed by atoms with van der Waals surface area (Å²) in [6.07, 6.45) is 2.75. The van der Waals surface area contributed by atoms with Gasteiger partial charge in [0.1, 0.15) is 24.2 Å². The summed E-state index contributed by atoms with van der Waals surface area (Å²) in [6, 6.07) is 18.2. The number of hydrogen-bond donors (Lipinski definition) is 0. The van der Waals surface area contributed by atoms with E-state index in [0.29, 0.717) is 6.61 Å². The molecular formula is C18H15NO2. The van der Waals surface area contributed by atoms with Gasteiger partial charge in [-0.1, -0.05) is 36.4 Å². The zero-order chi connectivity index (χ0) is 14.1. The normalized spacial score (nSPS) is 16.5. The van der Waals surface area contributed by atoms with Gasteiger partial charge in [0.15, 0.2) is 0 Å². The second kappa shape index (κ2) is 5.09. The lowest BCUT2D eigenvalue weighted by Crippen LogP contribution is -2.22. The molecule has 0 amide bonds. The minimum Gasteiger partial charge on any atom is -0.488 e. The molecule has 2 heterocycles. The first kappa shape index (κ1) is 12.2. The van der Waals surface area contributed by atoms with Crippen LogP contribution in [0.3, 0.4) is 0 Å². The lowest BCUT2D eigenvalue weighted by Gasteiger charge is -2.12. The van der Waals surface area contributed by atoms with Gasteiger partial charge in [0, 0.05) is 11.8 Å². The van der Waals surface area contributed by atoms with E-state index in [9.17, 15) is 0 Å². The minimum absolute atomic E-state index is 0.0777. The first-order valence-electron chi connectivity index (χ1n) is 7.11. The third-order valence-corrected chi connectivity index (χ3v) is 3.72. The molecular weight excluding hydrogens is 262 g/mol. The molecule has 0 fully saturated rings. The molecule has 0 saturated carbocycles. The quantitative estimate of drug-likeness (QED) is 0.732. The number of hydrogen-bond acceptors (Lipinski definition) is 3. The van der Waals surface area contributed by atoms with Crippen LogP contribution in [-0.2, 0) is 6.42 Å². The Labute approximate surface area is 123 Å². The highest BCUT2D eigenvalue weighted by Gasteiger charge is 2.22. The summed E-state index contributed by atoms with van der Waals surface area (Å²) >= 11 is 0. The van der Waals surface area contributed by atoms with Crippen LogP contribution in [0.4, 0.5) is 0 Å². The number of nitrogens with zero attached hydrogens (tertiary/aromatic N) is 1. The van der Waals surface area contributed by atoms with Crippen LogP contribution in [0.1, 0.15) is 5.56 Å². The number of para-hydroxylation sites is 2. The topological polar surface area (TPSA) is 31.4 Å². The predicted molar refractivity (Wildman–Crippen MR) is 81.8 cm³/mol. The lowest BCUT2D eigenvalue weighted by atomic mass is 10.1. The molecule has 1 aliphatic rings. The van der Waals surface area contributed by atoms with Crippen molar-refractivity contribution in [2.24, 2.45) is 0 Å². The van der Waals surface area contributed by atoms with E-state index in [2.05, 4.69) is 11.1 Å². The highest BCUT2D eigenvalue weighted by molar-refractivity contribution is 5.79. The van der Waals surface area contributed by atoms with Gasteiger partial charge < -0.3 is 9.47 Å². The Bertz CT molecular complexity index is 760. The highest BCUT2D eigenvalue weighted by Crippen LogP contribution is 2.28.